The molecule has 0 fully saturated rings. The number of aryl methyl sites for hydroxylation is 1. The number of aliphatic hydroxyl groups excluding tert-OH is 1. The van der Waals surface area contributed by atoms with Crippen LogP contribution in [0.15, 0.2) is 12.4 Å². The summed E-state index contributed by atoms with van der Waals surface area (Å²) in [7, 11) is 1.65. The first kappa shape index (κ1) is 11.9. The molecule has 1 N–H and O–H groups in total. The molecule has 0 aromatic carbocycles. The Bertz CT molecular complexity index is 277. The van der Waals surface area contributed by atoms with Crippen LogP contribution in [0.25, 0.3) is 0 Å². The number of rotatable bonds is 6. The van der Waals surface area contributed by atoms with Crippen molar-refractivity contribution in [2.45, 2.75) is 6.92 Å². The molecule has 0 aliphatic rings. The lowest BCUT2D eigenvalue weighted by Crippen LogP contribution is -2.31. The van der Waals surface area contributed by atoms with Crippen LogP contribution in [0.4, 0.5) is 5.95 Å². The molecule has 1 rings (SSSR count). The van der Waals surface area contributed by atoms with Crippen molar-refractivity contribution in [1.29, 1.82) is 0 Å². The first-order valence-electron chi connectivity index (χ1n) is 4.91. The molecule has 84 valence electrons. The summed E-state index contributed by atoms with van der Waals surface area (Å²) < 4.78 is 4.99. The zero-order valence-electron chi connectivity index (χ0n) is 9.18. The second-order valence-corrected chi connectivity index (χ2v) is 3.26. The molecule has 5 nitrogen and oxygen atoms in total. The number of nitrogens with zero attached hydrogens (tertiary/aromatic N) is 3. The van der Waals surface area contributed by atoms with Gasteiger partial charge < -0.3 is 14.7 Å². The third kappa shape index (κ3) is 3.81. The van der Waals surface area contributed by atoms with E-state index in [1.807, 2.05) is 11.8 Å². The molecule has 1 aromatic heterocycles. The molecule has 5 heteroatoms. The lowest BCUT2D eigenvalue weighted by molar-refractivity contribution is 0.202. The Morgan fingerprint density at radius 1 is 1.33 bits per heavy atom. The Labute approximate surface area is 89.7 Å². The summed E-state index contributed by atoms with van der Waals surface area (Å²) in [5.74, 6) is 0.631. The minimum absolute atomic E-state index is 0.0843. The van der Waals surface area contributed by atoms with Crippen molar-refractivity contribution in [3.63, 3.8) is 0 Å². The number of hydrogen-bond donors (Lipinski definition) is 1. The van der Waals surface area contributed by atoms with Crippen molar-refractivity contribution in [2.75, 3.05) is 38.3 Å². The summed E-state index contributed by atoms with van der Waals surface area (Å²) in [5, 5.41) is 8.91. The second-order valence-electron chi connectivity index (χ2n) is 3.26. The summed E-state index contributed by atoms with van der Waals surface area (Å²) in [5.41, 5.74) is 1.02. The highest BCUT2D eigenvalue weighted by Crippen LogP contribution is 2.05. The van der Waals surface area contributed by atoms with E-state index >= 15 is 0 Å². The van der Waals surface area contributed by atoms with Crippen LogP contribution in [-0.4, -0.2) is 48.5 Å². The van der Waals surface area contributed by atoms with Crippen LogP contribution in [0.2, 0.25) is 0 Å². The monoisotopic (exact) mass is 211 g/mol. The van der Waals surface area contributed by atoms with E-state index in [0.717, 1.165) is 5.56 Å². The summed E-state index contributed by atoms with van der Waals surface area (Å²) >= 11 is 0. The van der Waals surface area contributed by atoms with E-state index in [1.54, 1.807) is 19.5 Å². The highest BCUT2D eigenvalue weighted by Gasteiger charge is 2.07. The first-order valence-corrected chi connectivity index (χ1v) is 4.91. The van der Waals surface area contributed by atoms with Crippen molar-refractivity contribution in [3.05, 3.63) is 18.0 Å². The highest BCUT2D eigenvalue weighted by atomic mass is 16.5. The molecule has 0 radical (unpaired) electrons. The van der Waals surface area contributed by atoms with Gasteiger partial charge in [-0.3, -0.25) is 0 Å². The van der Waals surface area contributed by atoms with Gasteiger partial charge in [0.1, 0.15) is 0 Å². The van der Waals surface area contributed by atoms with E-state index in [9.17, 15) is 0 Å². The van der Waals surface area contributed by atoms with Crippen LogP contribution in [0.5, 0.6) is 0 Å². The lowest BCUT2D eigenvalue weighted by atomic mass is 10.4. The van der Waals surface area contributed by atoms with Gasteiger partial charge in [0, 0.05) is 32.6 Å². The Morgan fingerprint density at radius 3 is 2.53 bits per heavy atom. The average molecular weight is 211 g/mol. The molecule has 0 bridgehead atoms. The lowest BCUT2D eigenvalue weighted by Gasteiger charge is -2.20. The van der Waals surface area contributed by atoms with Crippen molar-refractivity contribution < 1.29 is 9.84 Å². The van der Waals surface area contributed by atoms with E-state index in [-0.39, 0.29) is 6.61 Å². The number of aromatic nitrogens is 2. The minimum Gasteiger partial charge on any atom is -0.395 e. The Hall–Kier alpha value is -1.20. The fourth-order valence-corrected chi connectivity index (χ4v) is 1.18. The van der Waals surface area contributed by atoms with E-state index in [4.69, 9.17) is 9.84 Å². The fourth-order valence-electron chi connectivity index (χ4n) is 1.18. The standard InChI is InChI=1S/C10H17N3O2/c1-9-7-11-10(12-8-9)13(3-5-14)4-6-15-2/h7-8,14H,3-6H2,1-2H3. The van der Waals surface area contributed by atoms with E-state index < -0.39 is 0 Å². The second kappa shape index (κ2) is 6.31. The maximum Gasteiger partial charge on any atom is 0.225 e. The van der Waals surface area contributed by atoms with Crippen LogP contribution >= 0.6 is 0 Å². The van der Waals surface area contributed by atoms with Crippen molar-refractivity contribution in [1.82, 2.24) is 9.97 Å². The van der Waals surface area contributed by atoms with Gasteiger partial charge in [0.2, 0.25) is 5.95 Å². The van der Waals surface area contributed by atoms with Gasteiger partial charge in [0.15, 0.2) is 0 Å². The van der Waals surface area contributed by atoms with Crippen LogP contribution in [-0.2, 0) is 4.74 Å². The van der Waals surface area contributed by atoms with Crippen LogP contribution in [0.3, 0.4) is 0 Å². The molecule has 0 amide bonds. The molecule has 1 heterocycles. The third-order valence-corrected chi connectivity index (χ3v) is 1.99. The topological polar surface area (TPSA) is 58.5 Å². The SMILES string of the molecule is COCCN(CCO)c1ncc(C)cn1. The third-order valence-electron chi connectivity index (χ3n) is 1.99. The molecule has 0 aliphatic heterocycles. The summed E-state index contributed by atoms with van der Waals surface area (Å²) in [4.78, 5) is 10.3. The average Bonchev–Trinajstić information content (AvgIpc) is 2.25. The van der Waals surface area contributed by atoms with Crippen LogP contribution in [0.1, 0.15) is 5.56 Å². The number of methoxy groups -OCH3 is 1. The normalized spacial score (nSPS) is 10.3. The largest absolute Gasteiger partial charge is 0.395 e. The van der Waals surface area contributed by atoms with Crippen molar-refractivity contribution in [3.8, 4) is 0 Å². The maximum absolute atomic E-state index is 8.91. The zero-order valence-corrected chi connectivity index (χ0v) is 9.18. The molecule has 0 saturated heterocycles. The molecule has 0 unspecified atom stereocenters. The van der Waals surface area contributed by atoms with E-state index in [1.165, 1.54) is 0 Å². The van der Waals surface area contributed by atoms with E-state index in [0.29, 0.717) is 25.6 Å². The number of hydrogen-bond acceptors (Lipinski definition) is 5. The molecular formula is C10H17N3O2. The van der Waals surface area contributed by atoms with Crippen LogP contribution in [0, 0.1) is 6.92 Å². The zero-order chi connectivity index (χ0) is 11.1. The molecule has 1 aromatic rings. The van der Waals surface area contributed by atoms with Crippen LogP contribution < -0.4 is 4.90 Å². The first-order chi connectivity index (χ1) is 7.27. The summed E-state index contributed by atoms with van der Waals surface area (Å²) in [6.45, 7) is 3.82. The molecule has 0 aliphatic carbocycles. The van der Waals surface area contributed by atoms with Gasteiger partial charge >= 0.3 is 0 Å². The van der Waals surface area contributed by atoms with Gasteiger partial charge in [0.25, 0.3) is 0 Å². The quantitative estimate of drug-likeness (QED) is 0.730. The predicted octanol–water partition coefficient (Wildman–Crippen LogP) is 0.230. The van der Waals surface area contributed by atoms with Gasteiger partial charge in [-0.2, -0.15) is 0 Å². The van der Waals surface area contributed by atoms with Gasteiger partial charge in [-0.15, -0.1) is 0 Å². The summed E-state index contributed by atoms with van der Waals surface area (Å²) in [6, 6.07) is 0. The fraction of sp³-hybridized carbons (Fsp3) is 0.600. The maximum atomic E-state index is 8.91. The molecule has 0 spiro atoms. The van der Waals surface area contributed by atoms with Crippen molar-refractivity contribution >= 4 is 5.95 Å². The molecule has 0 saturated carbocycles. The Balaban J connectivity index is 2.65. The van der Waals surface area contributed by atoms with E-state index in [2.05, 4.69) is 9.97 Å². The van der Waals surface area contributed by atoms with Gasteiger partial charge in [-0.1, -0.05) is 0 Å². The van der Waals surface area contributed by atoms with Crippen molar-refractivity contribution in [2.24, 2.45) is 0 Å². The number of ether oxygens (including phenoxy) is 1. The Kier molecular flexibility index (Phi) is 5.00. The van der Waals surface area contributed by atoms with Gasteiger partial charge in [-0.25, -0.2) is 9.97 Å². The number of aliphatic hydroxyl groups is 1. The van der Waals surface area contributed by atoms with Gasteiger partial charge in [-0.05, 0) is 12.5 Å². The predicted molar refractivity (Wildman–Crippen MR) is 57.9 cm³/mol. The Morgan fingerprint density at radius 2 is 2.00 bits per heavy atom. The summed E-state index contributed by atoms with van der Waals surface area (Å²) in [6.07, 6.45) is 3.53. The smallest absolute Gasteiger partial charge is 0.225 e. The molecule has 0 atom stereocenters. The minimum atomic E-state index is 0.0843. The highest BCUT2D eigenvalue weighted by molar-refractivity contribution is 5.29. The molecule has 15 heavy (non-hydrogen) atoms. The number of anilines is 1. The molecular weight excluding hydrogens is 194 g/mol. The van der Waals surface area contributed by atoms with Gasteiger partial charge in [0.05, 0.1) is 13.2 Å².